The van der Waals surface area contributed by atoms with Gasteiger partial charge in [0.15, 0.2) is 0 Å². The molecule has 2 heteroatoms. The van der Waals surface area contributed by atoms with Crippen LogP contribution >= 0.6 is 0 Å². The van der Waals surface area contributed by atoms with Crippen molar-refractivity contribution < 1.29 is 4.79 Å². The molecule has 0 radical (unpaired) electrons. The quantitative estimate of drug-likeness (QED) is 0.474. The molecule has 3 atom stereocenters. The van der Waals surface area contributed by atoms with Gasteiger partial charge in [0.05, 0.1) is 12.0 Å². The van der Waals surface area contributed by atoms with Crippen molar-refractivity contribution in [2.75, 3.05) is 0 Å². The van der Waals surface area contributed by atoms with E-state index in [9.17, 15) is 4.79 Å². The highest BCUT2D eigenvalue weighted by Gasteiger charge is 2.52. The second kappa shape index (κ2) is 1.36. The Hall–Kier alpha value is -0.840. The van der Waals surface area contributed by atoms with Crippen molar-refractivity contribution in [3.05, 3.63) is 0 Å². The fraction of sp³-hybridized carbons (Fsp3) is 0.714. The number of fused-ring (bicyclic) bond motifs is 1. The molecular formula is C7H7NO. The standard InChI is InChI=1S/C7H7NO/c8-3-6-4-1-5(6)7(9)2-4/h4-6H,1-2H2/t4-,5-,6-/m0/s1. The zero-order chi connectivity index (χ0) is 6.43. The van der Waals surface area contributed by atoms with E-state index in [0.717, 1.165) is 6.42 Å². The van der Waals surface area contributed by atoms with E-state index in [1.54, 1.807) is 0 Å². The van der Waals surface area contributed by atoms with Crippen LogP contribution in [0, 0.1) is 29.1 Å². The third-order valence-electron chi connectivity index (χ3n) is 2.52. The summed E-state index contributed by atoms with van der Waals surface area (Å²) in [4.78, 5) is 10.8. The Labute approximate surface area is 53.5 Å². The number of ketones is 1. The fourth-order valence-corrected chi connectivity index (χ4v) is 1.90. The Kier molecular flexibility index (Phi) is 0.751. The van der Waals surface area contributed by atoms with Gasteiger partial charge in [-0.2, -0.15) is 5.26 Å². The number of nitriles is 1. The summed E-state index contributed by atoms with van der Waals surface area (Å²) in [5.74, 6) is 0.997. The molecule has 3 saturated carbocycles. The molecule has 0 saturated heterocycles. The van der Waals surface area contributed by atoms with Crippen LogP contribution < -0.4 is 0 Å². The summed E-state index contributed by atoms with van der Waals surface area (Å²) in [6.07, 6.45) is 1.68. The summed E-state index contributed by atoms with van der Waals surface area (Å²) in [7, 11) is 0. The van der Waals surface area contributed by atoms with Crippen molar-refractivity contribution in [1.82, 2.24) is 0 Å². The zero-order valence-electron chi connectivity index (χ0n) is 5.00. The summed E-state index contributed by atoms with van der Waals surface area (Å²) in [6.45, 7) is 0. The number of nitrogens with zero attached hydrogens (tertiary/aromatic N) is 1. The van der Waals surface area contributed by atoms with Gasteiger partial charge in [-0.05, 0) is 12.3 Å². The minimum atomic E-state index is 0.0949. The van der Waals surface area contributed by atoms with Gasteiger partial charge in [-0.1, -0.05) is 0 Å². The Bertz CT molecular complexity index is 203. The van der Waals surface area contributed by atoms with Crippen molar-refractivity contribution in [2.45, 2.75) is 12.8 Å². The second-order valence-corrected chi connectivity index (χ2v) is 2.93. The van der Waals surface area contributed by atoms with Crippen LogP contribution in [0.4, 0.5) is 0 Å². The van der Waals surface area contributed by atoms with Crippen LogP contribution in [0.3, 0.4) is 0 Å². The molecule has 3 rings (SSSR count). The molecular weight excluding hydrogens is 114 g/mol. The maximum Gasteiger partial charge on any atom is 0.137 e. The summed E-state index contributed by atoms with van der Waals surface area (Å²) in [6, 6.07) is 2.17. The molecule has 0 aromatic carbocycles. The van der Waals surface area contributed by atoms with E-state index in [1.807, 2.05) is 0 Å². The largest absolute Gasteiger partial charge is 0.299 e. The number of rotatable bonds is 0. The third-order valence-corrected chi connectivity index (χ3v) is 2.52. The van der Waals surface area contributed by atoms with Gasteiger partial charge in [-0.15, -0.1) is 0 Å². The van der Waals surface area contributed by atoms with Gasteiger partial charge >= 0.3 is 0 Å². The summed E-state index contributed by atoms with van der Waals surface area (Å²) in [5, 5.41) is 8.48. The highest BCUT2D eigenvalue weighted by atomic mass is 16.1. The molecule has 3 aliphatic rings. The first-order valence-electron chi connectivity index (χ1n) is 3.25. The number of carbonyl (C=O) groups is 1. The fourth-order valence-electron chi connectivity index (χ4n) is 1.90. The van der Waals surface area contributed by atoms with E-state index in [1.165, 1.54) is 0 Å². The molecule has 46 valence electrons. The summed E-state index contributed by atoms with van der Waals surface area (Å²) < 4.78 is 0. The Morgan fingerprint density at radius 3 is 2.67 bits per heavy atom. The molecule has 0 unspecified atom stereocenters. The maximum atomic E-state index is 10.8. The summed E-state index contributed by atoms with van der Waals surface area (Å²) in [5.41, 5.74) is 0. The van der Waals surface area contributed by atoms with Crippen LogP contribution in [0.15, 0.2) is 0 Å². The lowest BCUT2D eigenvalue weighted by Gasteiger charge is -2.27. The Morgan fingerprint density at radius 2 is 2.44 bits per heavy atom. The molecule has 0 N–H and O–H groups in total. The first kappa shape index (κ1) is 4.99. The van der Waals surface area contributed by atoms with Crippen LogP contribution in [0.5, 0.6) is 0 Å². The van der Waals surface area contributed by atoms with E-state index < -0.39 is 0 Å². The van der Waals surface area contributed by atoms with Gasteiger partial charge < -0.3 is 0 Å². The topological polar surface area (TPSA) is 40.9 Å². The molecule has 0 aromatic heterocycles. The first-order valence-corrected chi connectivity index (χ1v) is 3.25. The van der Waals surface area contributed by atoms with E-state index in [-0.39, 0.29) is 11.8 Å². The van der Waals surface area contributed by atoms with Crippen molar-refractivity contribution in [3.63, 3.8) is 0 Å². The molecule has 9 heavy (non-hydrogen) atoms. The number of carbonyl (C=O) groups excluding carboxylic acids is 1. The molecule has 0 spiro atoms. The lowest BCUT2D eigenvalue weighted by atomic mass is 9.73. The number of hydrogen-bond donors (Lipinski definition) is 0. The predicted octanol–water partition coefficient (Wildman–Crippen LogP) is 0.735. The van der Waals surface area contributed by atoms with Crippen LogP contribution in [-0.2, 0) is 4.79 Å². The molecule has 0 amide bonds. The zero-order valence-corrected chi connectivity index (χ0v) is 5.00. The highest BCUT2D eigenvalue weighted by Crippen LogP contribution is 2.50. The van der Waals surface area contributed by atoms with Crippen LogP contribution in [-0.4, -0.2) is 5.78 Å². The Balaban J connectivity index is 2.24. The molecule has 2 nitrogen and oxygen atoms in total. The number of hydrogen-bond acceptors (Lipinski definition) is 2. The minimum Gasteiger partial charge on any atom is -0.299 e. The van der Waals surface area contributed by atoms with Crippen molar-refractivity contribution >= 4 is 5.78 Å². The molecule has 2 bridgehead atoms. The monoisotopic (exact) mass is 121 g/mol. The van der Waals surface area contributed by atoms with Crippen LogP contribution in [0.25, 0.3) is 0 Å². The summed E-state index contributed by atoms with van der Waals surface area (Å²) >= 11 is 0. The van der Waals surface area contributed by atoms with Gasteiger partial charge in [0, 0.05) is 12.3 Å². The van der Waals surface area contributed by atoms with Crippen molar-refractivity contribution in [3.8, 4) is 6.07 Å². The lowest BCUT2D eigenvalue weighted by molar-refractivity contribution is -0.120. The molecule has 0 aromatic rings. The van der Waals surface area contributed by atoms with E-state index in [0.29, 0.717) is 18.1 Å². The molecule has 3 fully saturated rings. The maximum absolute atomic E-state index is 10.8. The van der Waals surface area contributed by atoms with E-state index in [4.69, 9.17) is 5.26 Å². The van der Waals surface area contributed by atoms with Gasteiger partial charge in [-0.25, -0.2) is 0 Å². The van der Waals surface area contributed by atoms with Crippen LogP contribution in [0.2, 0.25) is 0 Å². The molecule has 3 aliphatic carbocycles. The van der Waals surface area contributed by atoms with Crippen molar-refractivity contribution in [2.24, 2.45) is 17.8 Å². The first-order chi connectivity index (χ1) is 4.33. The smallest absolute Gasteiger partial charge is 0.137 e. The minimum absolute atomic E-state index is 0.0949. The van der Waals surface area contributed by atoms with Gasteiger partial charge in [0.1, 0.15) is 5.78 Å². The van der Waals surface area contributed by atoms with Crippen LogP contribution in [0.1, 0.15) is 12.8 Å². The Morgan fingerprint density at radius 1 is 1.67 bits per heavy atom. The average molecular weight is 121 g/mol. The van der Waals surface area contributed by atoms with Gasteiger partial charge in [0.25, 0.3) is 0 Å². The van der Waals surface area contributed by atoms with E-state index in [2.05, 4.69) is 6.07 Å². The van der Waals surface area contributed by atoms with E-state index >= 15 is 0 Å². The molecule has 0 aliphatic heterocycles. The molecule has 0 heterocycles. The van der Waals surface area contributed by atoms with Gasteiger partial charge in [0.2, 0.25) is 0 Å². The normalized spacial score (nSPS) is 46.1. The average Bonchev–Trinajstić information content (AvgIpc) is 2.22. The predicted molar refractivity (Wildman–Crippen MR) is 30.3 cm³/mol. The van der Waals surface area contributed by atoms with Gasteiger partial charge in [-0.3, -0.25) is 4.79 Å². The highest BCUT2D eigenvalue weighted by molar-refractivity contribution is 5.87. The lowest BCUT2D eigenvalue weighted by Crippen LogP contribution is -2.27. The third kappa shape index (κ3) is 0.426. The van der Waals surface area contributed by atoms with Crippen molar-refractivity contribution in [1.29, 1.82) is 5.26 Å². The number of Topliss-reactive ketones (excluding diaryl/α,β-unsaturated/α-hetero) is 1. The SMILES string of the molecule is N#C[C@H]1[C@@H]2CC(=O)[C@H]1C2. The second-order valence-electron chi connectivity index (χ2n) is 2.93.